The van der Waals surface area contributed by atoms with E-state index in [4.69, 9.17) is 5.73 Å². The van der Waals surface area contributed by atoms with Gasteiger partial charge in [0.1, 0.15) is 5.82 Å². The van der Waals surface area contributed by atoms with Crippen molar-refractivity contribution in [2.45, 2.75) is 31.5 Å². The molecule has 2 N–H and O–H groups in total. The average Bonchev–Trinajstić information content (AvgIpc) is 2.73. The van der Waals surface area contributed by atoms with Crippen LogP contribution in [0.1, 0.15) is 18.7 Å². The van der Waals surface area contributed by atoms with Gasteiger partial charge in [0.25, 0.3) is 0 Å². The van der Waals surface area contributed by atoms with Crippen LogP contribution in [0.5, 0.6) is 0 Å². The van der Waals surface area contributed by atoms with Crippen LogP contribution in [0.4, 0.5) is 0 Å². The van der Waals surface area contributed by atoms with Gasteiger partial charge in [-0.05, 0) is 12.8 Å². The summed E-state index contributed by atoms with van der Waals surface area (Å²) in [6, 6.07) is 0. The number of nitrogens with two attached hydrogens (primary N) is 1. The van der Waals surface area contributed by atoms with Crippen molar-refractivity contribution in [1.82, 2.24) is 14.5 Å². The number of aromatic nitrogens is 2. The molecule has 1 fully saturated rings. The molecule has 2 heterocycles. The van der Waals surface area contributed by atoms with E-state index >= 15 is 0 Å². The molecule has 14 heavy (non-hydrogen) atoms. The Labute approximate surface area is 83.7 Å². The first-order chi connectivity index (χ1) is 6.75. The lowest BCUT2D eigenvalue weighted by Crippen LogP contribution is -2.43. The first kappa shape index (κ1) is 8.44. The topological polar surface area (TPSA) is 47.1 Å². The molecule has 3 rings (SSSR count). The summed E-state index contributed by atoms with van der Waals surface area (Å²) in [6.45, 7) is 4.18. The standard InChI is InChI=1S/C10H16N4/c11-10(1-2-10)8-13-5-6-14-4-3-12-9(14)7-13/h3-4H,1-2,5-8,11H2. The Morgan fingerprint density at radius 3 is 3.07 bits per heavy atom. The molecule has 1 aromatic rings. The predicted octanol–water partition coefficient (Wildman–Crippen LogP) is 0.190. The van der Waals surface area contributed by atoms with Gasteiger partial charge >= 0.3 is 0 Å². The summed E-state index contributed by atoms with van der Waals surface area (Å²) in [5.74, 6) is 1.18. The molecule has 0 saturated heterocycles. The lowest BCUT2D eigenvalue weighted by molar-refractivity contribution is 0.199. The maximum atomic E-state index is 6.10. The van der Waals surface area contributed by atoms with Crippen molar-refractivity contribution in [3.8, 4) is 0 Å². The number of nitrogens with zero attached hydrogens (tertiary/aromatic N) is 3. The van der Waals surface area contributed by atoms with Crippen LogP contribution in [-0.4, -0.2) is 33.1 Å². The molecule has 2 aliphatic rings. The summed E-state index contributed by atoms with van der Waals surface area (Å²) in [5.41, 5.74) is 6.24. The number of rotatable bonds is 2. The van der Waals surface area contributed by atoms with Crippen LogP contribution >= 0.6 is 0 Å². The normalized spacial score (nSPS) is 24.6. The minimum absolute atomic E-state index is 0.134. The molecule has 1 aromatic heterocycles. The fourth-order valence-electron chi connectivity index (χ4n) is 2.12. The number of fused-ring (bicyclic) bond motifs is 1. The Hall–Kier alpha value is -0.870. The van der Waals surface area contributed by atoms with Gasteiger partial charge in [0.2, 0.25) is 0 Å². The van der Waals surface area contributed by atoms with E-state index in [1.807, 2.05) is 6.20 Å². The van der Waals surface area contributed by atoms with Gasteiger partial charge in [0.05, 0.1) is 6.54 Å². The molecule has 0 bridgehead atoms. The Morgan fingerprint density at radius 2 is 2.29 bits per heavy atom. The summed E-state index contributed by atoms with van der Waals surface area (Å²) in [5, 5.41) is 0. The van der Waals surface area contributed by atoms with E-state index < -0.39 is 0 Å². The van der Waals surface area contributed by atoms with Gasteiger partial charge in [0, 0.05) is 37.6 Å². The largest absolute Gasteiger partial charge is 0.333 e. The Kier molecular flexibility index (Phi) is 1.69. The van der Waals surface area contributed by atoms with Crippen LogP contribution in [0.2, 0.25) is 0 Å². The molecule has 76 valence electrons. The quantitative estimate of drug-likeness (QED) is 0.727. The summed E-state index contributed by atoms with van der Waals surface area (Å²) in [6.07, 6.45) is 6.33. The third-order valence-electron chi connectivity index (χ3n) is 3.25. The third kappa shape index (κ3) is 1.44. The second-order valence-corrected chi connectivity index (χ2v) is 4.61. The fourth-order valence-corrected chi connectivity index (χ4v) is 2.12. The van der Waals surface area contributed by atoms with E-state index in [0.717, 1.165) is 26.2 Å². The van der Waals surface area contributed by atoms with E-state index in [0.29, 0.717) is 0 Å². The molecule has 0 spiro atoms. The molecule has 1 aliphatic heterocycles. The molecule has 0 unspecified atom stereocenters. The van der Waals surface area contributed by atoms with Crippen molar-refractivity contribution >= 4 is 0 Å². The van der Waals surface area contributed by atoms with E-state index in [-0.39, 0.29) is 5.54 Å². The van der Waals surface area contributed by atoms with Crippen molar-refractivity contribution in [2.24, 2.45) is 5.73 Å². The zero-order valence-electron chi connectivity index (χ0n) is 8.32. The molecule has 0 amide bonds. The monoisotopic (exact) mass is 192 g/mol. The maximum absolute atomic E-state index is 6.10. The van der Waals surface area contributed by atoms with Crippen LogP contribution in [0.3, 0.4) is 0 Å². The highest BCUT2D eigenvalue weighted by Gasteiger charge is 2.40. The summed E-state index contributed by atoms with van der Waals surface area (Å²) in [7, 11) is 0. The van der Waals surface area contributed by atoms with Crippen molar-refractivity contribution < 1.29 is 0 Å². The molecule has 0 aromatic carbocycles. The molecule has 0 atom stereocenters. The van der Waals surface area contributed by atoms with Crippen molar-refractivity contribution in [2.75, 3.05) is 13.1 Å². The highest BCUT2D eigenvalue weighted by Crippen LogP contribution is 2.33. The maximum Gasteiger partial charge on any atom is 0.122 e. The fraction of sp³-hybridized carbons (Fsp3) is 0.700. The molecular weight excluding hydrogens is 176 g/mol. The SMILES string of the molecule is NC1(CN2CCn3ccnc3C2)CC1. The molecule has 0 radical (unpaired) electrons. The minimum Gasteiger partial charge on any atom is -0.333 e. The molecule has 4 heteroatoms. The lowest BCUT2D eigenvalue weighted by atomic mass is 10.2. The highest BCUT2D eigenvalue weighted by atomic mass is 15.2. The van der Waals surface area contributed by atoms with E-state index in [1.165, 1.54) is 18.7 Å². The lowest BCUT2D eigenvalue weighted by Gasteiger charge is -2.29. The van der Waals surface area contributed by atoms with E-state index in [2.05, 4.69) is 20.6 Å². The Bertz CT molecular complexity index is 340. The van der Waals surface area contributed by atoms with Gasteiger partial charge in [-0.25, -0.2) is 4.98 Å². The highest BCUT2D eigenvalue weighted by molar-refractivity contribution is 5.03. The molecule has 1 aliphatic carbocycles. The Balaban J connectivity index is 1.69. The summed E-state index contributed by atoms with van der Waals surface area (Å²) < 4.78 is 2.23. The van der Waals surface area contributed by atoms with Gasteiger partial charge in [-0.15, -0.1) is 0 Å². The smallest absolute Gasteiger partial charge is 0.122 e. The zero-order chi connectivity index (χ0) is 9.60. The average molecular weight is 192 g/mol. The number of imidazole rings is 1. The third-order valence-corrected chi connectivity index (χ3v) is 3.25. The first-order valence-corrected chi connectivity index (χ1v) is 5.26. The summed E-state index contributed by atoms with van der Waals surface area (Å²) >= 11 is 0. The molecule has 1 saturated carbocycles. The predicted molar refractivity (Wildman–Crippen MR) is 53.7 cm³/mol. The van der Waals surface area contributed by atoms with Crippen molar-refractivity contribution in [3.63, 3.8) is 0 Å². The van der Waals surface area contributed by atoms with Crippen LogP contribution in [-0.2, 0) is 13.1 Å². The Morgan fingerprint density at radius 1 is 1.43 bits per heavy atom. The number of hydrogen-bond donors (Lipinski definition) is 1. The van der Waals surface area contributed by atoms with E-state index in [9.17, 15) is 0 Å². The van der Waals surface area contributed by atoms with Gasteiger partial charge in [-0.1, -0.05) is 0 Å². The van der Waals surface area contributed by atoms with E-state index in [1.54, 1.807) is 0 Å². The molecule has 4 nitrogen and oxygen atoms in total. The van der Waals surface area contributed by atoms with Crippen molar-refractivity contribution in [1.29, 1.82) is 0 Å². The first-order valence-electron chi connectivity index (χ1n) is 5.26. The minimum atomic E-state index is 0.134. The van der Waals surface area contributed by atoms with Gasteiger partial charge in [-0.3, -0.25) is 4.90 Å². The van der Waals surface area contributed by atoms with Crippen LogP contribution in [0.25, 0.3) is 0 Å². The van der Waals surface area contributed by atoms with Gasteiger partial charge in [0.15, 0.2) is 0 Å². The van der Waals surface area contributed by atoms with Gasteiger partial charge < -0.3 is 10.3 Å². The second kappa shape index (κ2) is 2.81. The second-order valence-electron chi connectivity index (χ2n) is 4.61. The molecular formula is C10H16N4. The zero-order valence-corrected chi connectivity index (χ0v) is 8.32. The van der Waals surface area contributed by atoms with Crippen LogP contribution < -0.4 is 5.73 Å². The number of hydrogen-bond acceptors (Lipinski definition) is 3. The van der Waals surface area contributed by atoms with Crippen LogP contribution in [0, 0.1) is 0 Å². The summed E-state index contributed by atoms with van der Waals surface area (Å²) in [4.78, 5) is 6.76. The van der Waals surface area contributed by atoms with Gasteiger partial charge in [-0.2, -0.15) is 0 Å². The van der Waals surface area contributed by atoms with Crippen LogP contribution in [0.15, 0.2) is 12.4 Å². The van der Waals surface area contributed by atoms with Crippen molar-refractivity contribution in [3.05, 3.63) is 18.2 Å².